The first kappa shape index (κ1) is 12.3. The van der Waals surface area contributed by atoms with Gasteiger partial charge in [-0.15, -0.1) is 0 Å². The number of ether oxygens (including phenoxy) is 2. The van der Waals surface area contributed by atoms with E-state index in [1.807, 2.05) is 0 Å². The molecule has 0 spiro atoms. The fraction of sp³-hybridized carbons (Fsp3) is 1.00. The summed E-state index contributed by atoms with van der Waals surface area (Å²) in [5.41, 5.74) is 5.87. The molecule has 4 heteroatoms. The Labute approximate surface area is 98.1 Å². The second-order valence-corrected chi connectivity index (χ2v) is 5.13. The van der Waals surface area contributed by atoms with Crippen LogP contribution in [0, 0.1) is 0 Å². The lowest BCUT2D eigenvalue weighted by Gasteiger charge is -2.32. The average molecular weight is 228 g/mol. The first-order chi connectivity index (χ1) is 7.74. The highest BCUT2D eigenvalue weighted by Crippen LogP contribution is 2.20. The van der Waals surface area contributed by atoms with Crippen molar-refractivity contribution in [2.24, 2.45) is 5.73 Å². The third-order valence-corrected chi connectivity index (χ3v) is 3.58. The fourth-order valence-corrected chi connectivity index (χ4v) is 2.47. The summed E-state index contributed by atoms with van der Waals surface area (Å²) in [7, 11) is 2.13. The second-order valence-electron chi connectivity index (χ2n) is 5.13. The van der Waals surface area contributed by atoms with Gasteiger partial charge < -0.3 is 20.1 Å². The molecule has 94 valence electrons. The fourth-order valence-electron chi connectivity index (χ4n) is 2.47. The molecule has 0 aromatic heterocycles. The van der Waals surface area contributed by atoms with E-state index in [2.05, 4.69) is 11.9 Å². The molecule has 1 aliphatic heterocycles. The van der Waals surface area contributed by atoms with Gasteiger partial charge in [0.1, 0.15) is 0 Å². The van der Waals surface area contributed by atoms with Crippen LogP contribution in [0.5, 0.6) is 0 Å². The van der Waals surface area contributed by atoms with E-state index < -0.39 is 0 Å². The predicted molar refractivity (Wildman–Crippen MR) is 63.4 cm³/mol. The molecule has 0 aromatic rings. The molecule has 2 rings (SSSR count). The summed E-state index contributed by atoms with van der Waals surface area (Å²) in [6.07, 6.45) is 5.12. The average Bonchev–Trinajstić information content (AvgIpc) is 2.28. The molecule has 2 aliphatic rings. The number of hydrogen-bond donors (Lipinski definition) is 1. The lowest BCUT2D eigenvalue weighted by molar-refractivity contribution is -0.0862. The number of rotatable bonds is 3. The van der Waals surface area contributed by atoms with Gasteiger partial charge in [0.25, 0.3) is 0 Å². The van der Waals surface area contributed by atoms with Crippen molar-refractivity contribution in [3.8, 4) is 0 Å². The summed E-state index contributed by atoms with van der Waals surface area (Å²) < 4.78 is 11.6. The van der Waals surface area contributed by atoms with Gasteiger partial charge in [-0.05, 0) is 32.7 Å². The summed E-state index contributed by atoms with van der Waals surface area (Å²) in [5.74, 6) is 0. The molecule has 0 radical (unpaired) electrons. The van der Waals surface area contributed by atoms with Crippen LogP contribution in [0.15, 0.2) is 0 Å². The lowest BCUT2D eigenvalue weighted by Crippen LogP contribution is -2.43. The Hall–Kier alpha value is -0.160. The van der Waals surface area contributed by atoms with Crippen LogP contribution in [-0.4, -0.2) is 56.5 Å². The van der Waals surface area contributed by atoms with Crippen molar-refractivity contribution in [3.63, 3.8) is 0 Å². The number of nitrogens with two attached hydrogens (primary N) is 1. The van der Waals surface area contributed by atoms with E-state index >= 15 is 0 Å². The normalized spacial score (nSPS) is 37.5. The first-order valence-electron chi connectivity index (χ1n) is 6.41. The van der Waals surface area contributed by atoms with Gasteiger partial charge in [0, 0.05) is 19.1 Å². The second kappa shape index (κ2) is 5.96. The minimum atomic E-state index is 0.259. The highest BCUT2D eigenvalue weighted by molar-refractivity contribution is 4.76. The molecule has 1 atom stereocenters. The van der Waals surface area contributed by atoms with Gasteiger partial charge in [0.05, 0.1) is 25.4 Å². The van der Waals surface area contributed by atoms with Crippen molar-refractivity contribution in [2.45, 2.75) is 43.9 Å². The molecule has 0 amide bonds. The molecule has 1 aliphatic carbocycles. The Morgan fingerprint density at radius 3 is 2.75 bits per heavy atom. The molecule has 0 aromatic carbocycles. The monoisotopic (exact) mass is 228 g/mol. The van der Waals surface area contributed by atoms with E-state index in [0.29, 0.717) is 12.1 Å². The van der Waals surface area contributed by atoms with Crippen LogP contribution in [0.4, 0.5) is 0 Å². The zero-order valence-electron chi connectivity index (χ0n) is 10.2. The Bertz CT molecular complexity index is 205. The molecule has 2 fully saturated rings. The van der Waals surface area contributed by atoms with Crippen LogP contribution in [0.25, 0.3) is 0 Å². The third-order valence-electron chi connectivity index (χ3n) is 3.58. The van der Waals surface area contributed by atoms with Crippen molar-refractivity contribution in [1.82, 2.24) is 4.90 Å². The van der Waals surface area contributed by atoms with Crippen LogP contribution < -0.4 is 5.73 Å². The molecule has 1 saturated heterocycles. The van der Waals surface area contributed by atoms with Gasteiger partial charge in [-0.2, -0.15) is 0 Å². The third kappa shape index (κ3) is 3.70. The topological polar surface area (TPSA) is 47.7 Å². The molecular weight excluding hydrogens is 204 g/mol. The van der Waals surface area contributed by atoms with E-state index in [-0.39, 0.29) is 6.10 Å². The molecule has 16 heavy (non-hydrogen) atoms. The predicted octanol–water partition coefficient (Wildman–Crippen LogP) is 0.604. The number of likely N-dealkylation sites (N-methyl/N-ethyl adjacent to an activating group) is 1. The standard InChI is InChI=1S/C12H24N2O2/c1-14-6-7-15-12(8-14)9-16-11-4-2-10(13)3-5-11/h10-12H,2-9,13H2,1H3. The number of nitrogens with zero attached hydrogens (tertiary/aromatic N) is 1. The SMILES string of the molecule is CN1CCOC(COC2CCC(N)CC2)C1. The highest BCUT2D eigenvalue weighted by Gasteiger charge is 2.22. The molecule has 4 nitrogen and oxygen atoms in total. The van der Waals surface area contributed by atoms with E-state index in [1.54, 1.807) is 0 Å². The van der Waals surface area contributed by atoms with Crippen molar-refractivity contribution in [2.75, 3.05) is 33.4 Å². The van der Waals surface area contributed by atoms with Crippen LogP contribution in [0.1, 0.15) is 25.7 Å². The van der Waals surface area contributed by atoms with Gasteiger partial charge >= 0.3 is 0 Å². The molecule has 0 bridgehead atoms. The maximum atomic E-state index is 5.91. The van der Waals surface area contributed by atoms with Crippen molar-refractivity contribution in [3.05, 3.63) is 0 Å². The smallest absolute Gasteiger partial charge is 0.0935 e. The molecule has 1 unspecified atom stereocenters. The van der Waals surface area contributed by atoms with E-state index in [1.165, 1.54) is 0 Å². The van der Waals surface area contributed by atoms with Gasteiger partial charge in [0.2, 0.25) is 0 Å². The minimum absolute atomic E-state index is 0.259. The zero-order valence-corrected chi connectivity index (χ0v) is 10.2. The van der Waals surface area contributed by atoms with E-state index in [0.717, 1.165) is 52.0 Å². The summed E-state index contributed by atoms with van der Waals surface area (Å²) in [5, 5.41) is 0. The zero-order chi connectivity index (χ0) is 11.4. The van der Waals surface area contributed by atoms with Gasteiger partial charge in [-0.3, -0.25) is 0 Å². The summed E-state index contributed by atoms with van der Waals surface area (Å²) in [6, 6.07) is 0.400. The van der Waals surface area contributed by atoms with Gasteiger partial charge in [-0.25, -0.2) is 0 Å². The van der Waals surface area contributed by atoms with Gasteiger partial charge in [-0.1, -0.05) is 0 Å². The number of hydrogen-bond acceptors (Lipinski definition) is 4. The Morgan fingerprint density at radius 1 is 1.31 bits per heavy atom. The summed E-state index contributed by atoms with van der Waals surface area (Å²) in [6.45, 7) is 3.60. The lowest BCUT2D eigenvalue weighted by atomic mass is 9.94. The Balaban J connectivity index is 1.63. The minimum Gasteiger partial charge on any atom is -0.375 e. The van der Waals surface area contributed by atoms with Crippen LogP contribution in [0.3, 0.4) is 0 Å². The molecule has 1 saturated carbocycles. The highest BCUT2D eigenvalue weighted by atomic mass is 16.5. The first-order valence-corrected chi connectivity index (χ1v) is 6.41. The van der Waals surface area contributed by atoms with Gasteiger partial charge in [0.15, 0.2) is 0 Å². The summed E-state index contributed by atoms with van der Waals surface area (Å²) in [4.78, 5) is 2.30. The van der Waals surface area contributed by atoms with Crippen LogP contribution in [0.2, 0.25) is 0 Å². The van der Waals surface area contributed by atoms with E-state index in [9.17, 15) is 0 Å². The van der Waals surface area contributed by atoms with Crippen LogP contribution in [-0.2, 0) is 9.47 Å². The van der Waals surface area contributed by atoms with E-state index in [4.69, 9.17) is 15.2 Å². The largest absolute Gasteiger partial charge is 0.375 e. The molecule has 1 heterocycles. The number of morpholine rings is 1. The maximum Gasteiger partial charge on any atom is 0.0935 e. The quantitative estimate of drug-likeness (QED) is 0.768. The van der Waals surface area contributed by atoms with Crippen molar-refractivity contribution < 1.29 is 9.47 Å². The Morgan fingerprint density at radius 2 is 2.06 bits per heavy atom. The van der Waals surface area contributed by atoms with Crippen LogP contribution >= 0.6 is 0 Å². The van der Waals surface area contributed by atoms with Crippen molar-refractivity contribution in [1.29, 1.82) is 0 Å². The molecular formula is C12H24N2O2. The summed E-state index contributed by atoms with van der Waals surface area (Å²) >= 11 is 0. The molecule has 2 N–H and O–H groups in total. The van der Waals surface area contributed by atoms with Crippen molar-refractivity contribution >= 4 is 0 Å². The maximum absolute atomic E-state index is 5.91. The Kier molecular flexibility index (Phi) is 4.58.